The van der Waals surface area contributed by atoms with Crippen molar-refractivity contribution >= 4 is 11.9 Å². The lowest BCUT2D eigenvalue weighted by Crippen LogP contribution is -2.28. The van der Waals surface area contributed by atoms with Crippen LogP contribution in [0.15, 0.2) is 30.3 Å². The normalized spacial score (nSPS) is 10.5. The van der Waals surface area contributed by atoms with Gasteiger partial charge in [0.1, 0.15) is 5.82 Å². The number of nitrogens with one attached hydrogen (secondary N) is 1. The summed E-state index contributed by atoms with van der Waals surface area (Å²) in [6, 6.07) is 7.58. The third-order valence-corrected chi connectivity index (χ3v) is 3.85. The number of ether oxygens (including phenoxy) is 1. The first-order valence-electron chi connectivity index (χ1n) is 7.77. The van der Waals surface area contributed by atoms with E-state index in [1.165, 1.54) is 12.1 Å². The van der Waals surface area contributed by atoms with Crippen LogP contribution in [-0.2, 0) is 22.6 Å². The Morgan fingerprint density at radius 1 is 1.21 bits per heavy atom. The van der Waals surface area contributed by atoms with Crippen molar-refractivity contribution in [2.75, 3.05) is 6.61 Å². The Balaban J connectivity index is 1.85. The van der Waals surface area contributed by atoms with E-state index < -0.39 is 11.9 Å². The Labute approximate surface area is 140 Å². The largest absolute Gasteiger partial charge is 0.452 e. The number of carbonyl (C=O) groups excluding carboxylic acids is 2. The van der Waals surface area contributed by atoms with Crippen LogP contribution in [-0.4, -0.2) is 23.1 Å². The number of esters is 1. The molecule has 0 aliphatic heterocycles. The summed E-state index contributed by atoms with van der Waals surface area (Å²) in [7, 11) is 0. The van der Waals surface area contributed by atoms with E-state index in [-0.39, 0.29) is 19.0 Å². The molecule has 0 radical (unpaired) electrons. The van der Waals surface area contributed by atoms with Crippen molar-refractivity contribution in [3.63, 3.8) is 0 Å². The predicted molar refractivity (Wildman–Crippen MR) is 88.1 cm³/mol. The van der Waals surface area contributed by atoms with Gasteiger partial charge < -0.3 is 14.6 Å². The highest BCUT2D eigenvalue weighted by Crippen LogP contribution is 2.15. The molecule has 1 heterocycles. The second-order valence-corrected chi connectivity index (χ2v) is 5.51. The summed E-state index contributed by atoms with van der Waals surface area (Å²) in [5, 5.41) is 2.62. The molecule has 6 heteroatoms. The number of hydrogen-bond acceptors (Lipinski definition) is 3. The van der Waals surface area contributed by atoms with E-state index in [0.717, 1.165) is 23.5 Å². The van der Waals surface area contributed by atoms with Gasteiger partial charge in [-0.05, 0) is 44.5 Å². The van der Waals surface area contributed by atoms with Gasteiger partial charge >= 0.3 is 5.97 Å². The maximum Gasteiger partial charge on any atom is 0.340 e. The molecule has 0 atom stereocenters. The number of hydrogen-bond donors (Lipinski definition) is 1. The standard InChI is InChI=1S/C18H21FN2O3/c1-4-21-12(2)9-16(13(21)3)18(23)24-11-17(22)20-10-14-5-7-15(19)8-6-14/h5-9H,4,10-11H2,1-3H3,(H,20,22). The van der Waals surface area contributed by atoms with Gasteiger partial charge in [0.25, 0.3) is 5.91 Å². The lowest BCUT2D eigenvalue weighted by atomic mass is 10.2. The van der Waals surface area contributed by atoms with E-state index >= 15 is 0 Å². The molecule has 24 heavy (non-hydrogen) atoms. The predicted octanol–water partition coefficient (Wildman–Crippen LogP) is 2.74. The first-order chi connectivity index (χ1) is 11.4. The Morgan fingerprint density at radius 3 is 2.46 bits per heavy atom. The molecule has 0 fully saturated rings. The van der Waals surface area contributed by atoms with Crippen LogP contribution in [0.25, 0.3) is 0 Å². The molecule has 0 bridgehead atoms. The summed E-state index contributed by atoms with van der Waals surface area (Å²) >= 11 is 0. The van der Waals surface area contributed by atoms with Gasteiger partial charge in [0.2, 0.25) is 0 Å². The van der Waals surface area contributed by atoms with E-state index in [1.807, 2.05) is 25.3 Å². The van der Waals surface area contributed by atoms with Crippen LogP contribution >= 0.6 is 0 Å². The topological polar surface area (TPSA) is 60.3 Å². The first kappa shape index (κ1) is 17.7. The van der Waals surface area contributed by atoms with Crippen LogP contribution in [0.3, 0.4) is 0 Å². The van der Waals surface area contributed by atoms with E-state index in [9.17, 15) is 14.0 Å². The second kappa shape index (κ2) is 7.77. The fourth-order valence-electron chi connectivity index (χ4n) is 2.56. The number of nitrogens with zero attached hydrogens (tertiary/aromatic N) is 1. The van der Waals surface area contributed by atoms with Gasteiger partial charge in [-0.1, -0.05) is 12.1 Å². The lowest BCUT2D eigenvalue weighted by Gasteiger charge is -2.08. The van der Waals surface area contributed by atoms with Gasteiger partial charge in [-0.25, -0.2) is 9.18 Å². The van der Waals surface area contributed by atoms with Crippen molar-refractivity contribution in [1.82, 2.24) is 9.88 Å². The summed E-state index contributed by atoms with van der Waals surface area (Å²) in [4.78, 5) is 23.9. The van der Waals surface area contributed by atoms with Crippen molar-refractivity contribution in [3.05, 3.63) is 58.7 Å². The summed E-state index contributed by atoms with van der Waals surface area (Å²) in [5.41, 5.74) is 3.04. The molecule has 0 aliphatic carbocycles. The molecule has 0 unspecified atom stereocenters. The average Bonchev–Trinajstić information content (AvgIpc) is 2.86. The molecule has 0 saturated carbocycles. The maximum absolute atomic E-state index is 12.8. The van der Waals surface area contributed by atoms with E-state index in [4.69, 9.17) is 4.74 Å². The van der Waals surface area contributed by atoms with Gasteiger partial charge in [0, 0.05) is 24.5 Å². The molecular weight excluding hydrogens is 311 g/mol. The zero-order valence-electron chi connectivity index (χ0n) is 14.1. The Morgan fingerprint density at radius 2 is 1.88 bits per heavy atom. The Hall–Kier alpha value is -2.63. The molecule has 0 saturated heterocycles. The zero-order chi connectivity index (χ0) is 17.7. The number of halogens is 1. The van der Waals surface area contributed by atoms with Crippen LogP contribution in [0.4, 0.5) is 4.39 Å². The van der Waals surface area contributed by atoms with Crippen molar-refractivity contribution in [1.29, 1.82) is 0 Å². The fourth-order valence-corrected chi connectivity index (χ4v) is 2.56. The van der Waals surface area contributed by atoms with Crippen molar-refractivity contribution in [2.45, 2.75) is 33.9 Å². The van der Waals surface area contributed by atoms with Gasteiger partial charge in [-0.2, -0.15) is 0 Å². The van der Waals surface area contributed by atoms with Crippen molar-refractivity contribution < 1.29 is 18.7 Å². The minimum atomic E-state index is -0.514. The lowest BCUT2D eigenvalue weighted by molar-refractivity contribution is -0.124. The highest BCUT2D eigenvalue weighted by molar-refractivity contribution is 5.92. The number of aryl methyl sites for hydroxylation is 1. The molecular formula is C18H21FN2O3. The summed E-state index contributed by atoms with van der Waals surface area (Å²) in [6.45, 7) is 6.43. The minimum Gasteiger partial charge on any atom is -0.452 e. The molecule has 128 valence electrons. The minimum absolute atomic E-state index is 0.251. The number of amides is 1. The van der Waals surface area contributed by atoms with Crippen LogP contribution < -0.4 is 5.32 Å². The SMILES string of the molecule is CCn1c(C)cc(C(=O)OCC(=O)NCc2ccc(F)cc2)c1C. The van der Waals surface area contributed by atoms with Crippen LogP contribution in [0, 0.1) is 19.7 Å². The Kier molecular flexibility index (Phi) is 5.73. The Bertz CT molecular complexity index is 735. The molecule has 0 spiro atoms. The molecule has 2 aromatic rings. The van der Waals surface area contributed by atoms with E-state index in [1.54, 1.807) is 18.2 Å². The number of rotatable bonds is 6. The van der Waals surface area contributed by atoms with Crippen LogP contribution in [0.2, 0.25) is 0 Å². The molecule has 0 aliphatic rings. The van der Waals surface area contributed by atoms with Crippen molar-refractivity contribution in [2.24, 2.45) is 0 Å². The third-order valence-electron chi connectivity index (χ3n) is 3.85. The van der Waals surface area contributed by atoms with Gasteiger partial charge in [0.15, 0.2) is 6.61 Å². The maximum atomic E-state index is 12.8. The van der Waals surface area contributed by atoms with E-state index in [2.05, 4.69) is 5.32 Å². The second-order valence-electron chi connectivity index (χ2n) is 5.51. The highest BCUT2D eigenvalue weighted by Gasteiger charge is 2.17. The van der Waals surface area contributed by atoms with Gasteiger partial charge in [-0.15, -0.1) is 0 Å². The molecule has 1 N–H and O–H groups in total. The number of carbonyl (C=O) groups is 2. The third kappa shape index (κ3) is 4.22. The fraction of sp³-hybridized carbons (Fsp3) is 0.333. The molecule has 1 amide bonds. The zero-order valence-corrected chi connectivity index (χ0v) is 14.1. The quantitative estimate of drug-likeness (QED) is 0.828. The molecule has 5 nitrogen and oxygen atoms in total. The molecule has 1 aromatic carbocycles. The summed E-state index contributed by atoms with van der Waals surface area (Å²) < 4.78 is 19.9. The number of aromatic nitrogens is 1. The average molecular weight is 332 g/mol. The van der Waals surface area contributed by atoms with Gasteiger partial charge in [-0.3, -0.25) is 4.79 Å². The first-order valence-corrected chi connectivity index (χ1v) is 7.77. The molecule has 2 rings (SSSR count). The summed E-state index contributed by atoms with van der Waals surface area (Å²) in [6.07, 6.45) is 0. The monoisotopic (exact) mass is 332 g/mol. The van der Waals surface area contributed by atoms with Crippen molar-refractivity contribution in [3.8, 4) is 0 Å². The van der Waals surface area contributed by atoms with Crippen LogP contribution in [0.1, 0.15) is 34.2 Å². The van der Waals surface area contributed by atoms with E-state index in [0.29, 0.717) is 5.56 Å². The number of benzene rings is 1. The van der Waals surface area contributed by atoms with Gasteiger partial charge in [0.05, 0.1) is 5.56 Å². The summed E-state index contributed by atoms with van der Waals surface area (Å²) in [5.74, 6) is -1.25. The smallest absolute Gasteiger partial charge is 0.340 e. The molecule has 1 aromatic heterocycles. The highest BCUT2D eigenvalue weighted by atomic mass is 19.1. The van der Waals surface area contributed by atoms with Crippen LogP contribution in [0.5, 0.6) is 0 Å².